The molecule has 0 aliphatic heterocycles. The van der Waals surface area contributed by atoms with Gasteiger partial charge in [0.15, 0.2) is 0 Å². The Hall–Kier alpha value is -1.20. The van der Waals surface area contributed by atoms with E-state index < -0.39 is 6.10 Å². The fraction of sp³-hybridized carbons (Fsp3) is 0.556. The Kier molecular flexibility index (Phi) is 9.01. The highest BCUT2D eigenvalue weighted by Crippen LogP contribution is 2.14. The Morgan fingerprint density at radius 1 is 1.18 bits per heavy atom. The Morgan fingerprint density at radius 2 is 1.86 bits per heavy atom. The fourth-order valence-electron chi connectivity index (χ4n) is 2.17. The van der Waals surface area contributed by atoms with Gasteiger partial charge in [0.2, 0.25) is 0 Å². The van der Waals surface area contributed by atoms with Gasteiger partial charge in [0.05, 0.1) is 19.3 Å². The molecule has 0 aromatic heterocycles. The van der Waals surface area contributed by atoms with Crippen molar-refractivity contribution in [1.82, 2.24) is 0 Å². The van der Waals surface area contributed by atoms with Gasteiger partial charge in [-0.05, 0) is 24.0 Å². The lowest BCUT2D eigenvalue weighted by Gasteiger charge is -2.18. The van der Waals surface area contributed by atoms with Crippen molar-refractivity contribution < 1.29 is 19.7 Å². The van der Waals surface area contributed by atoms with E-state index in [2.05, 4.69) is 0 Å². The van der Waals surface area contributed by atoms with E-state index in [0.717, 1.165) is 11.1 Å². The predicted octanol–water partition coefficient (Wildman–Crippen LogP) is 2.75. The molecule has 0 fully saturated rings. The van der Waals surface area contributed by atoms with Gasteiger partial charge in [-0.2, -0.15) is 0 Å². The van der Waals surface area contributed by atoms with Gasteiger partial charge in [0, 0.05) is 12.5 Å². The van der Waals surface area contributed by atoms with E-state index >= 15 is 0 Å². The molecular formula is C18H28O4. The maximum absolute atomic E-state index is 9.98. The lowest BCUT2D eigenvalue weighted by Crippen LogP contribution is -2.22. The van der Waals surface area contributed by atoms with E-state index in [1.54, 1.807) is 0 Å². The highest BCUT2D eigenvalue weighted by Gasteiger charge is 2.15. The summed E-state index contributed by atoms with van der Waals surface area (Å²) in [7, 11) is 0. The van der Waals surface area contributed by atoms with Crippen LogP contribution in [0.3, 0.4) is 0 Å². The van der Waals surface area contributed by atoms with Crippen molar-refractivity contribution in [2.75, 3.05) is 20.0 Å². The van der Waals surface area contributed by atoms with Crippen LogP contribution in [0.15, 0.2) is 42.0 Å². The molecule has 4 nitrogen and oxygen atoms in total. The van der Waals surface area contributed by atoms with Gasteiger partial charge in [-0.1, -0.05) is 50.3 Å². The third kappa shape index (κ3) is 7.18. The molecule has 0 amide bonds. The molecule has 0 saturated heterocycles. The maximum atomic E-state index is 9.98. The summed E-state index contributed by atoms with van der Waals surface area (Å²) in [5, 5.41) is 19.0. The average Bonchev–Trinajstić information content (AvgIpc) is 2.53. The molecule has 1 rings (SSSR count). The third-order valence-electron chi connectivity index (χ3n) is 3.50. The number of rotatable bonds is 10. The van der Waals surface area contributed by atoms with Crippen molar-refractivity contribution in [3.63, 3.8) is 0 Å². The highest BCUT2D eigenvalue weighted by atomic mass is 16.7. The first kappa shape index (κ1) is 18.8. The van der Waals surface area contributed by atoms with Crippen LogP contribution in [0.5, 0.6) is 0 Å². The molecule has 1 aromatic rings. The number of ether oxygens (including phenoxy) is 2. The van der Waals surface area contributed by atoms with Crippen LogP contribution in [0.2, 0.25) is 0 Å². The van der Waals surface area contributed by atoms with E-state index in [4.69, 9.17) is 14.6 Å². The van der Waals surface area contributed by atoms with Crippen molar-refractivity contribution in [2.24, 2.45) is 11.8 Å². The molecule has 2 N–H and O–H groups in total. The van der Waals surface area contributed by atoms with E-state index in [9.17, 15) is 5.11 Å². The summed E-state index contributed by atoms with van der Waals surface area (Å²) < 4.78 is 10.9. The van der Waals surface area contributed by atoms with Gasteiger partial charge < -0.3 is 19.7 Å². The first-order valence-corrected chi connectivity index (χ1v) is 7.71. The minimum absolute atomic E-state index is 0.0233. The minimum Gasteiger partial charge on any atom is -0.396 e. The van der Waals surface area contributed by atoms with Crippen LogP contribution in [-0.2, 0) is 16.1 Å². The van der Waals surface area contributed by atoms with Gasteiger partial charge >= 0.3 is 0 Å². The molecule has 124 valence electrons. The average molecular weight is 308 g/mol. The first-order chi connectivity index (χ1) is 10.5. The normalized spacial score (nSPS) is 16.3. The Morgan fingerprint density at radius 3 is 2.50 bits per heavy atom. The maximum Gasteiger partial charge on any atom is 0.147 e. The number of benzene rings is 1. The molecule has 1 aromatic carbocycles. The van der Waals surface area contributed by atoms with Crippen LogP contribution in [0.1, 0.15) is 26.3 Å². The van der Waals surface area contributed by atoms with Crippen LogP contribution in [0.4, 0.5) is 0 Å². The first-order valence-electron chi connectivity index (χ1n) is 7.71. The van der Waals surface area contributed by atoms with Crippen molar-refractivity contribution in [3.05, 3.63) is 47.5 Å². The second kappa shape index (κ2) is 10.5. The molecule has 0 spiro atoms. The summed E-state index contributed by atoms with van der Waals surface area (Å²) in [4.78, 5) is 0. The van der Waals surface area contributed by atoms with E-state index in [0.29, 0.717) is 13.2 Å². The lowest BCUT2D eigenvalue weighted by molar-refractivity contribution is -0.0669. The number of aliphatic hydroxyl groups is 2. The Balaban J connectivity index is 2.21. The minimum atomic E-state index is -0.609. The zero-order valence-electron chi connectivity index (χ0n) is 13.7. The van der Waals surface area contributed by atoms with Crippen molar-refractivity contribution in [3.8, 4) is 0 Å². The molecular weight excluding hydrogens is 280 g/mol. The second-order valence-electron chi connectivity index (χ2n) is 5.82. The van der Waals surface area contributed by atoms with Crippen molar-refractivity contribution >= 4 is 0 Å². The predicted molar refractivity (Wildman–Crippen MR) is 87.2 cm³/mol. The molecule has 0 bridgehead atoms. The van der Waals surface area contributed by atoms with Crippen molar-refractivity contribution in [1.29, 1.82) is 0 Å². The van der Waals surface area contributed by atoms with Crippen molar-refractivity contribution in [2.45, 2.75) is 33.5 Å². The number of hydrogen-bond acceptors (Lipinski definition) is 4. The number of aliphatic hydroxyl groups excluding tert-OH is 2. The lowest BCUT2D eigenvalue weighted by atomic mass is 9.96. The van der Waals surface area contributed by atoms with Crippen LogP contribution < -0.4 is 0 Å². The molecule has 22 heavy (non-hydrogen) atoms. The zero-order chi connectivity index (χ0) is 16.4. The summed E-state index contributed by atoms with van der Waals surface area (Å²) in [6, 6.07) is 9.96. The third-order valence-corrected chi connectivity index (χ3v) is 3.50. The highest BCUT2D eigenvalue weighted by molar-refractivity contribution is 5.13. The van der Waals surface area contributed by atoms with Gasteiger partial charge in [0.1, 0.15) is 6.79 Å². The van der Waals surface area contributed by atoms with Crippen LogP contribution in [-0.4, -0.2) is 36.3 Å². The van der Waals surface area contributed by atoms with Gasteiger partial charge in [-0.3, -0.25) is 0 Å². The van der Waals surface area contributed by atoms with Crippen LogP contribution in [0.25, 0.3) is 0 Å². The second-order valence-corrected chi connectivity index (χ2v) is 5.82. The smallest absolute Gasteiger partial charge is 0.147 e. The molecule has 0 aliphatic rings. The summed E-state index contributed by atoms with van der Waals surface area (Å²) in [6.07, 6.45) is 1.37. The summed E-state index contributed by atoms with van der Waals surface area (Å²) >= 11 is 0. The monoisotopic (exact) mass is 308 g/mol. The van der Waals surface area contributed by atoms with Crippen LogP contribution in [0, 0.1) is 11.8 Å². The molecule has 4 heteroatoms. The SMILES string of the molecule is C/C(=C\[C@@H](C)COCOCc1ccccc1)[C@H](O)[C@H](C)CO. The summed E-state index contributed by atoms with van der Waals surface area (Å²) in [5.41, 5.74) is 1.99. The quantitative estimate of drug-likeness (QED) is 0.396. The van der Waals surface area contributed by atoms with Gasteiger partial charge in [-0.15, -0.1) is 0 Å². The van der Waals surface area contributed by atoms with Crippen LogP contribution >= 0.6 is 0 Å². The van der Waals surface area contributed by atoms with Gasteiger partial charge in [0.25, 0.3) is 0 Å². The fourth-order valence-corrected chi connectivity index (χ4v) is 2.17. The summed E-state index contributed by atoms with van der Waals surface area (Å²) in [5.74, 6) is 0.0273. The molecule has 0 unspecified atom stereocenters. The molecule has 0 aliphatic carbocycles. The zero-order valence-corrected chi connectivity index (χ0v) is 13.7. The summed E-state index contributed by atoms with van der Waals surface area (Å²) in [6.45, 7) is 7.02. The Labute approximate surface area is 133 Å². The van der Waals surface area contributed by atoms with E-state index in [1.807, 2.05) is 57.2 Å². The standard InChI is InChI=1S/C18H28O4/c1-14(9-15(2)18(20)16(3)10-19)11-21-13-22-12-17-7-5-4-6-8-17/h4-9,14,16,18-20H,10-13H2,1-3H3/b15-9+/t14-,16-,18+/m1/s1. The topological polar surface area (TPSA) is 58.9 Å². The Bertz CT molecular complexity index is 430. The largest absolute Gasteiger partial charge is 0.396 e. The number of hydrogen-bond donors (Lipinski definition) is 2. The molecule has 3 atom stereocenters. The molecule has 0 radical (unpaired) electrons. The molecule has 0 saturated carbocycles. The van der Waals surface area contributed by atoms with Gasteiger partial charge in [-0.25, -0.2) is 0 Å². The van der Waals surface area contributed by atoms with E-state index in [1.165, 1.54) is 0 Å². The van der Waals surface area contributed by atoms with E-state index in [-0.39, 0.29) is 25.2 Å². The molecule has 0 heterocycles.